The Balaban J connectivity index is 1.06. The van der Waals surface area contributed by atoms with Gasteiger partial charge in [0, 0.05) is 44.8 Å². The number of aromatic nitrogens is 2. The van der Waals surface area contributed by atoms with Gasteiger partial charge in [0.15, 0.2) is 0 Å². The molecular formula is C45H29N5. The molecule has 5 aromatic carbocycles. The molecule has 0 bridgehead atoms. The van der Waals surface area contributed by atoms with Crippen LogP contribution in [0, 0.1) is 39.9 Å². The first-order chi connectivity index (χ1) is 24.7. The number of nitriles is 3. The van der Waals surface area contributed by atoms with E-state index in [0.717, 1.165) is 84.5 Å². The summed E-state index contributed by atoms with van der Waals surface area (Å²) >= 11 is 0. The molecule has 2 atom stereocenters. The maximum atomic E-state index is 10.5. The van der Waals surface area contributed by atoms with E-state index in [1.54, 1.807) is 0 Å². The Bertz CT molecular complexity index is 2810. The highest BCUT2D eigenvalue weighted by Crippen LogP contribution is 2.42. The standard InChI is InChI=1S/C45H29N5/c46-26-29-16-23-43-39(24-29)37-10-2-5-13-41(37)49(43)34-20-17-30(18-21-34)35-22-19-31(25-33(35)28-48)36-9-1-4-12-40(36)50-42-14-6-3-11-38(42)45-32(27-47)8-7-15-44(45)50/h1-17,20-25,30-31H,18-19H2. The predicted octanol–water partition coefficient (Wildman–Crippen LogP) is 10.6. The Morgan fingerprint density at radius 2 is 1.30 bits per heavy atom. The molecule has 2 aromatic heterocycles. The van der Waals surface area contributed by atoms with Crippen LogP contribution < -0.4 is 0 Å². The minimum atomic E-state index is 0.0227. The zero-order valence-corrected chi connectivity index (χ0v) is 27.1. The van der Waals surface area contributed by atoms with Crippen molar-refractivity contribution in [1.82, 2.24) is 9.13 Å². The number of fused-ring (bicyclic) bond motifs is 6. The zero-order valence-electron chi connectivity index (χ0n) is 27.1. The van der Waals surface area contributed by atoms with E-state index in [1.165, 1.54) is 0 Å². The van der Waals surface area contributed by atoms with Gasteiger partial charge in [-0.3, -0.25) is 0 Å². The maximum Gasteiger partial charge on any atom is 0.0998 e. The van der Waals surface area contributed by atoms with Crippen molar-refractivity contribution in [2.45, 2.75) is 18.8 Å². The van der Waals surface area contributed by atoms with Gasteiger partial charge in [0.1, 0.15) is 0 Å². The molecule has 0 fully saturated rings. The molecule has 2 unspecified atom stereocenters. The Labute approximate surface area is 289 Å². The summed E-state index contributed by atoms with van der Waals surface area (Å²) in [4.78, 5) is 0. The third-order valence-electron chi connectivity index (χ3n) is 10.3. The van der Waals surface area contributed by atoms with Gasteiger partial charge in [-0.1, -0.05) is 85.0 Å². The number of nitrogens with zero attached hydrogens (tertiary/aromatic N) is 5. The van der Waals surface area contributed by atoms with Gasteiger partial charge in [-0.15, -0.1) is 0 Å². The van der Waals surface area contributed by atoms with Gasteiger partial charge in [-0.25, -0.2) is 0 Å². The Morgan fingerprint density at radius 3 is 2.08 bits per heavy atom. The van der Waals surface area contributed by atoms with Crippen LogP contribution in [0.25, 0.3) is 55.0 Å². The van der Waals surface area contributed by atoms with Crippen molar-refractivity contribution in [3.05, 3.63) is 167 Å². The van der Waals surface area contributed by atoms with E-state index in [2.05, 4.69) is 118 Å². The average molecular weight is 640 g/mol. The van der Waals surface area contributed by atoms with E-state index in [9.17, 15) is 15.8 Å². The van der Waals surface area contributed by atoms with Gasteiger partial charge in [-0.2, -0.15) is 15.8 Å². The molecule has 50 heavy (non-hydrogen) atoms. The van der Waals surface area contributed by atoms with Crippen molar-refractivity contribution in [2.24, 2.45) is 5.92 Å². The van der Waals surface area contributed by atoms with E-state index in [4.69, 9.17) is 0 Å². The molecule has 0 aliphatic heterocycles. The molecule has 234 valence electrons. The molecule has 0 saturated carbocycles. The summed E-state index contributed by atoms with van der Waals surface area (Å²) in [5, 5.41) is 34.2. The number of para-hydroxylation sites is 3. The average Bonchev–Trinajstić information content (AvgIpc) is 3.70. The van der Waals surface area contributed by atoms with Crippen molar-refractivity contribution in [1.29, 1.82) is 15.8 Å². The van der Waals surface area contributed by atoms with E-state index in [1.807, 2.05) is 48.5 Å². The molecule has 0 saturated heterocycles. The number of hydrogen-bond donors (Lipinski definition) is 0. The third-order valence-corrected chi connectivity index (χ3v) is 10.3. The van der Waals surface area contributed by atoms with Gasteiger partial charge < -0.3 is 9.13 Å². The minimum absolute atomic E-state index is 0.0227. The smallest absolute Gasteiger partial charge is 0.0998 e. The van der Waals surface area contributed by atoms with Gasteiger partial charge in [0.05, 0.1) is 57.0 Å². The minimum Gasteiger partial charge on any atom is -0.310 e. The molecule has 0 N–H and O–H groups in total. The SMILES string of the molecule is N#CC1=CC(c2ccccc2-n2c3ccccc3c3c(C#N)cccc32)CC=C1C1C=CC(n2c3ccccc3c3cc(C#N)ccc32)=CC1. The third kappa shape index (κ3) is 4.44. The van der Waals surface area contributed by atoms with E-state index < -0.39 is 0 Å². The Morgan fingerprint density at radius 1 is 0.580 bits per heavy atom. The first-order valence-electron chi connectivity index (χ1n) is 16.8. The predicted molar refractivity (Wildman–Crippen MR) is 200 cm³/mol. The second kappa shape index (κ2) is 11.7. The van der Waals surface area contributed by atoms with Crippen LogP contribution in [0.4, 0.5) is 0 Å². The van der Waals surface area contributed by atoms with Crippen LogP contribution >= 0.6 is 0 Å². The number of allylic oxidation sites excluding steroid dienone is 8. The first-order valence-corrected chi connectivity index (χ1v) is 16.8. The lowest BCUT2D eigenvalue weighted by atomic mass is 9.79. The molecule has 0 radical (unpaired) electrons. The van der Waals surface area contributed by atoms with Crippen LogP contribution in [0.1, 0.15) is 35.4 Å². The summed E-state index contributed by atoms with van der Waals surface area (Å²) in [5.41, 5.74) is 10.6. The maximum absolute atomic E-state index is 10.5. The van der Waals surface area contributed by atoms with E-state index >= 15 is 0 Å². The second-order valence-electron chi connectivity index (χ2n) is 12.9. The largest absolute Gasteiger partial charge is 0.310 e. The zero-order chi connectivity index (χ0) is 33.8. The fourth-order valence-electron chi connectivity index (χ4n) is 8.10. The molecule has 5 heteroatoms. The molecule has 0 amide bonds. The molecule has 7 aromatic rings. The summed E-state index contributed by atoms with van der Waals surface area (Å²) in [5.74, 6) is 0.121. The molecule has 2 aliphatic rings. The second-order valence-corrected chi connectivity index (χ2v) is 12.9. The van der Waals surface area contributed by atoms with Gasteiger partial charge in [0.2, 0.25) is 0 Å². The van der Waals surface area contributed by atoms with Crippen LogP contribution in [0.5, 0.6) is 0 Å². The number of benzene rings is 5. The molecule has 9 rings (SSSR count). The van der Waals surface area contributed by atoms with Crippen LogP contribution in [0.2, 0.25) is 0 Å². The van der Waals surface area contributed by atoms with Crippen LogP contribution in [-0.4, -0.2) is 9.13 Å². The van der Waals surface area contributed by atoms with Crippen molar-refractivity contribution in [3.63, 3.8) is 0 Å². The summed E-state index contributed by atoms with van der Waals surface area (Å²) in [6.07, 6.45) is 12.7. The first kappa shape index (κ1) is 29.3. The van der Waals surface area contributed by atoms with E-state index in [-0.39, 0.29) is 11.8 Å². The highest BCUT2D eigenvalue weighted by atomic mass is 15.0. The topological polar surface area (TPSA) is 81.2 Å². The normalized spacial score (nSPS) is 17.3. The number of rotatable bonds is 4. The molecule has 2 heterocycles. The summed E-state index contributed by atoms with van der Waals surface area (Å²) in [6, 6.07) is 44.1. The van der Waals surface area contributed by atoms with Crippen molar-refractivity contribution in [2.75, 3.05) is 0 Å². The van der Waals surface area contributed by atoms with Crippen molar-refractivity contribution < 1.29 is 0 Å². The summed E-state index contributed by atoms with van der Waals surface area (Å²) in [7, 11) is 0. The molecule has 0 spiro atoms. The van der Waals surface area contributed by atoms with Crippen LogP contribution in [0.3, 0.4) is 0 Å². The van der Waals surface area contributed by atoms with Gasteiger partial charge in [-0.05, 0) is 78.6 Å². The Kier molecular flexibility index (Phi) is 6.84. The molecular weight excluding hydrogens is 611 g/mol. The highest BCUT2D eigenvalue weighted by Gasteiger charge is 2.26. The van der Waals surface area contributed by atoms with Crippen LogP contribution in [-0.2, 0) is 0 Å². The fourth-order valence-corrected chi connectivity index (χ4v) is 8.10. The molecule has 5 nitrogen and oxygen atoms in total. The van der Waals surface area contributed by atoms with Crippen LogP contribution in [0.15, 0.2) is 151 Å². The Hall–Kier alpha value is -6.87. The highest BCUT2D eigenvalue weighted by molar-refractivity contribution is 6.12. The summed E-state index contributed by atoms with van der Waals surface area (Å²) in [6.45, 7) is 0. The lowest BCUT2D eigenvalue weighted by molar-refractivity contribution is 0.738. The number of hydrogen-bond acceptors (Lipinski definition) is 3. The fraction of sp³-hybridized carbons (Fsp3) is 0.0889. The lowest BCUT2D eigenvalue weighted by Crippen LogP contribution is -2.13. The quantitative estimate of drug-likeness (QED) is 0.192. The van der Waals surface area contributed by atoms with Crippen molar-refractivity contribution >= 4 is 49.3 Å². The van der Waals surface area contributed by atoms with Gasteiger partial charge in [0.25, 0.3) is 0 Å². The summed E-state index contributed by atoms with van der Waals surface area (Å²) < 4.78 is 4.54. The lowest BCUT2D eigenvalue weighted by Gasteiger charge is -2.26. The van der Waals surface area contributed by atoms with Gasteiger partial charge >= 0.3 is 0 Å². The molecule has 2 aliphatic carbocycles. The van der Waals surface area contributed by atoms with E-state index in [0.29, 0.717) is 11.1 Å². The van der Waals surface area contributed by atoms with Crippen molar-refractivity contribution in [3.8, 4) is 23.9 Å². The monoisotopic (exact) mass is 639 g/mol.